The lowest BCUT2D eigenvalue weighted by Gasteiger charge is -2.31. The van der Waals surface area contributed by atoms with Crippen LogP contribution in [-0.4, -0.2) is 14.2 Å². The highest BCUT2D eigenvalue weighted by Gasteiger charge is 2.49. The van der Waals surface area contributed by atoms with Gasteiger partial charge in [-0.3, -0.25) is 0 Å². The van der Waals surface area contributed by atoms with Crippen molar-refractivity contribution in [2.75, 3.05) is 14.2 Å². The molecule has 1 spiro atoms. The number of hydrogen-bond acceptors (Lipinski definition) is 2. The van der Waals surface area contributed by atoms with E-state index in [4.69, 9.17) is 9.47 Å². The monoisotopic (exact) mass is 369 g/mol. The van der Waals surface area contributed by atoms with Gasteiger partial charge in [0, 0.05) is 29.4 Å². The second-order valence-electron chi connectivity index (χ2n) is 8.57. The summed E-state index contributed by atoms with van der Waals surface area (Å²) in [6.45, 7) is 0. The molecule has 2 aromatic rings. The topological polar surface area (TPSA) is 18.5 Å². The predicted molar refractivity (Wildman–Crippen MR) is 111 cm³/mol. The van der Waals surface area contributed by atoms with E-state index in [1.807, 2.05) is 14.2 Å². The first-order valence-corrected chi connectivity index (χ1v) is 10.4. The molecule has 28 heavy (non-hydrogen) atoms. The van der Waals surface area contributed by atoms with E-state index in [0.717, 1.165) is 37.2 Å². The van der Waals surface area contributed by atoms with Crippen LogP contribution < -0.4 is 9.47 Å². The second kappa shape index (κ2) is 5.76. The number of benzene rings is 2. The van der Waals surface area contributed by atoms with Gasteiger partial charge in [-0.15, -0.1) is 0 Å². The standard InChI is InChI=1S/C26H25O2/c1-27-22-8-6-16-10-12-26-13-11-17-7-9-23(28-2)21(25(17)26)15-19-5-3-4-18(19)14-20(22)24(16)26/h3-9H,10-15H2,1-2H3. The fourth-order valence-corrected chi connectivity index (χ4v) is 6.36. The van der Waals surface area contributed by atoms with Crippen LogP contribution in [0.2, 0.25) is 0 Å². The van der Waals surface area contributed by atoms with Crippen LogP contribution in [0, 0.1) is 6.42 Å². The summed E-state index contributed by atoms with van der Waals surface area (Å²) in [5.41, 5.74) is 12.0. The lowest BCUT2D eigenvalue weighted by Crippen LogP contribution is -2.24. The molecule has 0 fully saturated rings. The average Bonchev–Trinajstić information content (AvgIpc) is 3.41. The van der Waals surface area contributed by atoms with Gasteiger partial charge in [-0.1, -0.05) is 29.9 Å². The number of ether oxygens (including phenoxy) is 2. The van der Waals surface area contributed by atoms with E-state index < -0.39 is 0 Å². The molecule has 2 aromatic carbocycles. The number of methoxy groups -OCH3 is 2. The molecule has 4 aliphatic carbocycles. The fraction of sp³-hybridized carbons (Fsp3) is 0.346. The summed E-state index contributed by atoms with van der Waals surface area (Å²) in [5.74, 6) is 2.10. The summed E-state index contributed by atoms with van der Waals surface area (Å²) in [6.07, 6.45) is 13.4. The Balaban J connectivity index is 1.74. The molecule has 0 aliphatic heterocycles. The van der Waals surface area contributed by atoms with Gasteiger partial charge in [-0.25, -0.2) is 0 Å². The third-order valence-corrected chi connectivity index (χ3v) is 7.49. The molecule has 0 N–H and O–H groups in total. The Morgan fingerprint density at radius 1 is 0.750 bits per heavy atom. The van der Waals surface area contributed by atoms with Crippen molar-refractivity contribution in [3.8, 4) is 11.5 Å². The van der Waals surface area contributed by atoms with E-state index in [0.29, 0.717) is 0 Å². The highest BCUT2D eigenvalue weighted by atomic mass is 16.5. The van der Waals surface area contributed by atoms with E-state index >= 15 is 0 Å². The van der Waals surface area contributed by atoms with Crippen LogP contribution in [0.1, 0.15) is 46.2 Å². The lowest BCUT2D eigenvalue weighted by atomic mass is 9.72. The van der Waals surface area contributed by atoms with Crippen LogP contribution >= 0.6 is 0 Å². The van der Waals surface area contributed by atoms with Crippen molar-refractivity contribution in [2.45, 2.75) is 43.9 Å². The zero-order chi connectivity index (χ0) is 18.9. The summed E-state index contributed by atoms with van der Waals surface area (Å²) in [6, 6.07) is 9.01. The molecule has 4 aliphatic rings. The van der Waals surface area contributed by atoms with Gasteiger partial charge in [-0.2, -0.15) is 0 Å². The molecule has 1 unspecified atom stereocenters. The Hall–Kier alpha value is -2.48. The van der Waals surface area contributed by atoms with Gasteiger partial charge in [0.2, 0.25) is 0 Å². The van der Waals surface area contributed by atoms with Crippen molar-refractivity contribution >= 4 is 0 Å². The van der Waals surface area contributed by atoms with Gasteiger partial charge in [0.25, 0.3) is 0 Å². The van der Waals surface area contributed by atoms with E-state index in [2.05, 4.69) is 42.8 Å². The normalized spacial score (nSPS) is 23.6. The Kier molecular flexibility index (Phi) is 3.39. The fourth-order valence-electron chi connectivity index (χ4n) is 6.36. The van der Waals surface area contributed by atoms with Crippen LogP contribution in [-0.2, 0) is 31.1 Å². The molecular weight excluding hydrogens is 344 g/mol. The maximum absolute atomic E-state index is 5.89. The Bertz CT molecular complexity index is 1070. The van der Waals surface area contributed by atoms with E-state index in [-0.39, 0.29) is 5.41 Å². The highest BCUT2D eigenvalue weighted by Crippen LogP contribution is 2.58. The van der Waals surface area contributed by atoms with Crippen molar-refractivity contribution < 1.29 is 9.47 Å². The number of rotatable bonds is 2. The summed E-state index contributed by atoms with van der Waals surface area (Å²) in [4.78, 5) is 0. The van der Waals surface area contributed by atoms with Crippen molar-refractivity contribution in [1.82, 2.24) is 0 Å². The first-order chi connectivity index (χ1) is 13.7. The van der Waals surface area contributed by atoms with Gasteiger partial charge in [0.1, 0.15) is 11.5 Å². The zero-order valence-corrected chi connectivity index (χ0v) is 16.6. The Labute approximate surface area is 166 Å². The molecule has 2 nitrogen and oxygen atoms in total. The van der Waals surface area contributed by atoms with E-state index in [1.165, 1.54) is 46.2 Å². The largest absolute Gasteiger partial charge is 0.496 e. The van der Waals surface area contributed by atoms with Crippen LogP contribution in [0.3, 0.4) is 0 Å². The van der Waals surface area contributed by atoms with Crippen molar-refractivity contribution in [3.05, 3.63) is 87.4 Å². The Morgan fingerprint density at radius 3 is 1.89 bits per heavy atom. The zero-order valence-electron chi connectivity index (χ0n) is 16.6. The predicted octanol–water partition coefficient (Wildman–Crippen LogP) is 5.05. The molecule has 0 heterocycles. The molecule has 0 saturated carbocycles. The second-order valence-corrected chi connectivity index (χ2v) is 8.57. The minimum absolute atomic E-state index is 0.127. The van der Waals surface area contributed by atoms with Gasteiger partial charge in [0.05, 0.1) is 14.2 Å². The maximum atomic E-state index is 5.89. The van der Waals surface area contributed by atoms with Crippen molar-refractivity contribution in [3.63, 3.8) is 0 Å². The number of hydrogen-bond donors (Lipinski definition) is 0. The smallest absolute Gasteiger partial charge is 0.122 e. The molecule has 2 heteroatoms. The number of allylic oxidation sites excluding steroid dienone is 4. The molecule has 0 bridgehead atoms. The van der Waals surface area contributed by atoms with Gasteiger partial charge in [-0.05, 0) is 72.1 Å². The van der Waals surface area contributed by atoms with Crippen LogP contribution in [0.25, 0.3) is 0 Å². The summed E-state index contributed by atoms with van der Waals surface area (Å²) >= 11 is 0. The van der Waals surface area contributed by atoms with Crippen LogP contribution in [0.4, 0.5) is 0 Å². The average molecular weight is 369 g/mol. The van der Waals surface area contributed by atoms with E-state index in [1.54, 1.807) is 11.1 Å². The highest BCUT2D eigenvalue weighted by molar-refractivity contribution is 5.66. The molecular formula is C26H25O2. The van der Waals surface area contributed by atoms with E-state index in [9.17, 15) is 0 Å². The molecule has 6 rings (SSSR count). The van der Waals surface area contributed by atoms with Crippen molar-refractivity contribution in [2.24, 2.45) is 0 Å². The van der Waals surface area contributed by atoms with Crippen LogP contribution in [0.15, 0.2) is 47.6 Å². The molecule has 0 aromatic heterocycles. The molecule has 1 atom stereocenters. The number of aryl methyl sites for hydroxylation is 2. The quantitative estimate of drug-likeness (QED) is 0.737. The van der Waals surface area contributed by atoms with Crippen molar-refractivity contribution in [1.29, 1.82) is 0 Å². The lowest BCUT2D eigenvalue weighted by molar-refractivity contribution is 0.404. The van der Waals surface area contributed by atoms with Gasteiger partial charge < -0.3 is 9.47 Å². The third kappa shape index (κ3) is 1.98. The first kappa shape index (κ1) is 16.5. The first-order valence-electron chi connectivity index (χ1n) is 10.4. The summed E-state index contributed by atoms with van der Waals surface area (Å²) < 4.78 is 11.8. The minimum Gasteiger partial charge on any atom is -0.496 e. The molecule has 141 valence electrons. The molecule has 1 radical (unpaired) electrons. The van der Waals surface area contributed by atoms with Gasteiger partial charge in [0.15, 0.2) is 0 Å². The molecule has 0 saturated heterocycles. The maximum Gasteiger partial charge on any atom is 0.122 e. The third-order valence-electron chi connectivity index (χ3n) is 7.49. The van der Waals surface area contributed by atoms with Crippen LogP contribution in [0.5, 0.6) is 11.5 Å². The minimum atomic E-state index is 0.127. The Morgan fingerprint density at radius 2 is 1.32 bits per heavy atom. The SMILES string of the molecule is COc1ccc2c3c1CC1=C(C=C[CH]1)Cc1c(OC)ccc4c1C3(CC2)CC4. The summed E-state index contributed by atoms with van der Waals surface area (Å²) in [5, 5.41) is 0. The molecule has 0 amide bonds. The summed E-state index contributed by atoms with van der Waals surface area (Å²) in [7, 11) is 3.63. The van der Waals surface area contributed by atoms with Gasteiger partial charge >= 0.3 is 0 Å².